The molecule has 1 aliphatic heterocycles. The Balaban J connectivity index is 2.22. The Kier molecular flexibility index (Phi) is 5.20. The maximum atomic E-state index is 12.5. The van der Waals surface area contributed by atoms with Crippen LogP contribution in [0.5, 0.6) is 0 Å². The second-order valence-electron chi connectivity index (χ2n) is 5.58. The molecule has 1 aromatic rings. The largest absolute Gasteiger partial charge is 0.465 e. The molecule has 6 nitrogen and oxygen atoms in total. The third kappa shape index (κ3) is 3.66. The van der Waals surface area contributed by atoms with Crippen LogP contribution in [0.3, 0.4) is 0 Å². The lowest BCUT2D eigenvalue weighted by molar-refractivity contribution is 0.0600. The second-order valence-corrected chi connectivity index (χ2v) is 7.30. The van der Waals surface area contributed by atoms with Crippen molar-refractivity contribution >= 4 is 16.0 Å². The van der Waals surface area contributed by atoms with Crippen molar-refractivity contribution < 1.29 is 17.9 Å². The zero-order chi connectivity index (χ0) is 16.3. The topological polar surface area (TPSA) is 84.5 Å². The summed E-state index contributed by atoms with van der Waals surface area (Å²) in [6.07, 6.45) is 1.75. The first-order chi connectivity index (χ1) is 10.3. The van der Waals surface area contributed by atoms with Gasteiger partial charge in [-0.15, -0.1) is 0 Å². The van der Waals surface area contributed by atoms with Crippen molar-refractivity contribution in [3.63, 3.8) is 0 Å². The van der Waals surface area contributed by atoms with Crippen LogP contribution in [0.25, 0.3) is 0 Å². The number of ether oxygens (including phenoxy) is 1. The van der Waals surface area contributed by atoms with Crippen LogP contribution < -0.4 is 10.0 Å². The number of hydrogen-bond acceptors (Lipinski definition) is 5. The Hall–Kier alpha value is -1.44. The van der Waals surface area contributed by atoms with Gasteiger partial charge in [0, 0.05) is 12.1 Å². The predicted octanol–water partition coefficient (Wildman–Crippen LogP) is 1.20. The fraction of sp³-hybridized carbons (Fsp3) is 0.533. The number of hydrogen-bond donors (Lipinski definition) is 2. The van der Waals surface area contributed by atoms with Gasteiger partial charge < -0.3 is 10.1 Å². The van der Waals surface area contributed by atoms with Crippen LogP contribution in [0.4, 0.5) is 0 Å². The number of benzene rings is 1. The van der Waals surface area contributed by atoms with E-state index in [1.165, 1.54) is 25.3 Å². The number of carbonyl (C=O) groups is 1. The van der Waals surface area contributed by atoms with Gasteiger partial charge in [-0.25, -0.2) is 17.9 Å². The van der Waals surface area contributed by atoms with Gasteiger partial charge in [0.1, 0.15) is 0 Å². The van der Waals surface area contributed by atoms with Gasteiger partial charge in [-0.1, -0.05) is 0 Å². The van der Waals surface area contributed by atoms with Crippen molar-refractivity contribution in [1.82, 2.24) is 10.0 Å². The Morgan fingerprint density at radius 1 is 1.41 bits per heavy atom. The Morgan fingerprint density at radius 2 is 2.14 bits per heavy atom. The lowest BCUT2D eigenvalue weighted by Crippen LogP contribution is -2.51. The summed E-state index contributed by atoms with van der Waals surface area (Å²) in [5.74, 6) is -0.473. The zero-order valence-corrected chi connectivity index (χ0v) is 13.9. The molecular weight excluding hydrogens is 304 g/mol. The molecule has 2 rings (SSSR count). The summed E-state index contributed by atoms with van der Waals surface area (Å²) < 4.78 is 32.4. The van der Waals surface area contributed by atoms with Gasteiger partial charge >= 0.3 is 5.97 Å². The molecule has 0 aliphatic carbocycles. The molecule has 1 aliphatic rings. The van der Waals surface area contributed by atoms with Crippen molar-refractivity contribution in [2.45, 2.75) is 43.7 Å². The zero-order valence-electron chi connectivity index (χ0n) is 13.0. The lowest BCUT2D eigenvalue weighted by atomic mass is 10.0. The normalized spacial score (nSPS) is 22.3. The van der Waals surface area contributed by atoms with E-state index in [-0.39, 0.29) is 17.0 Å². The molecule has 0 bridgehead atoms. The minimum atomic E-state index is -3.61. The molecule has 0 aromatic heterocycles. The van der Waals surface area contributed by atoms with Crippen molar-refractivity contribution in [1.29, 1.82) is 0 Å². The van der Waals surface area contributed by atoms with Gasteiger partial charge in [-0.05, 0) is 57.0 Å². The molecule has 0 spiro atoms. The van der Waals surface area contributed by atoms with Crippen molar-refractivity contribution in [2.24, 2.45) is 0 Å². The molecule has 2 N–H and O–H groups in total. The first-order valence-electron chi connectivity index (χ1n) is 7.30. The van der Waals surface area contributed by atoms with E-state index in [9.17, 15) is 13.2 Å². The van der Waals surface area contributed by atoms with Gasteiger partial charge in [-0.2, -0.15) is 0 Å². The van der Waals surface area contributed by atoms with Gasteiger partial charge in [0.25, 0.3) is 0 Å². The number of carbonyl (C=O) groups excluding carboxylic acids is 1. The van der Waals surface area contributed by atoms with Crippen LogP contribution in [0.2, 0.25) is 0 Å². The van der Waals surface area contributed by atoms with Crippen LogP contribution in [0, 0.1) is 6.92 Å². The summed E-state index contributed by atoms with van der Waals surface area (Å²) in [6, 6.07) is 4.38. The molecule has 2 atom stereocenters. The summed E-state index contributed by atoms with van der Waals surface area (Å²) >= 11 is 0. The number of rotatable bonds is 4. The summed E-state index contributed by atoms with van der Waals surface area (Å²) in [6.45, 7) is 4.57. The highest BCUT2D eigenvalue weighted by Crippen LogP contribution is 2.18. The molecule has 1 aromatic carbocycles. The van der Waals surface area contributed by atoms with Gasteiger partial charge in [0.2, 0.25) is 10.0 Å². The van der Waals surface area contributed by atoms with E-state index in [0.29, 0.717) is 11.1 Å². The SMILES string of the molecule is COC(=O)c1ccc(S(=O)(=O)NC2CCCNC2C)cc1C. The van der Waals surface area contributed by atoms with E-state index < -0.39 is 16.0 Å². The van der Waals surface area contributed by atoms with E-state index in [1.54, 1.807) is 6.92 Å². The van der Waals surface area contributed by atoms with Gasteiger partial charge in [0.15, 0.2) is 0 Å². The second kappa shape index (κ2) is 6.76. The van der Waals surface area contributed by atoms with Crippen LogP contribution >= 0.6 is 0 Å². The molecule has 22 heavy (non-hydrogen) atoms. The number of methoxy groups -OCH3 is 1. The summed E-state index contributed by atoms with van der Waals surface area (Å²) in [5, 5.41) is 3.26. The molecule has 7 heteroatoms. The van der Waals surface area contributed by atoms with Crippen LogP contribution in [0.15, 0.2) is 23.1 Å². The molecule has 0 amide bonds. The Morgan fingerprint density at radius 3 is 2.73 bits per heavy atom. The minimum Gasteiger partial charge on any atom is -0.465 e. The smallest absolute Gasteiger partial charge is 0.338 e. The van der Waals surface area contributed by atoms with Crippen LogP contribution in [0.1, 0.15) is 35.7 Å². The maximum absolute atomic E-state index is 12.5. The number of piperidine rings is 1. The molecule has 1 heterocycles. The summed E-state index contributed by atoms with van der Waals surface area (Å²) in [4.78, 5) is 11.7. The molecule has 0 radical (unpaired) electrons. The monoisotopic (exact) mass is 326 g/mol. The Labute approximate surface area is 131 Å². The third-order valence-corrected chi connectivity index (χ3v) is 5.47. The quantitative estimate of drug-likeness (QED) is 0.812. The number of esters is 1. The number of sulfonamides is 1. The highest BCUT2D eigenvalue weighted by molar-refractivity contribution is 7.89. The van der Waals surface area contributed by atoms with Crippen LogP contribution in [-0.4, -0.2) is 40.1 Å². The van der Waals surface area contributed by atoms with E-state index in [1.807, 2.05) is 6.92 Å². The first kappa shape index (κ1) is 16.9. The van der Waals surface area contributed by atoms with Crippen molar-refractivity contribution in [3.05, 3.63) is 29.3 Å². The van der Waals surface area contributed by atoms with Crippen LogP contribution in [-0.2, 0) is 14.8 Å². The molecule has 1 fully saturated rings. The average Bonchev–Trinajstić information content (AvgIpc) is 2.48. The van der Waals surface area contributed by atoms with Crippen molar-refractivity contribution in [2.75, 3.05) is 13.7 Å². The summed E-state index contributed by atoms with van der Waals surface area (Å²) in [7, 11) is -2.31. The predicted molar refractivity (Wildman–Crippen MR) is 83.3 cm³/mol. The highest BCUT2D eigenvalue weighted by Gasteiger charge is 2.27. The third-order valence-electron chi connectivity index (χ3n) is 3.98. The fourth-order valence-corrected chi connectivity index (χ4v) is 4.05. The minimum absolute atomic E-state index is 0.0963. The number of aryl methyl sites for hydroxylation is 1. The van der Waals surface area contributed by atoms with E-state index in [0.717, 1.165) is 19.4 Å². The van der Waals surface area contributed by atoms with E-state index in [2.05, 4.69) is 14.8 Å². The number of nitrogens with one attached hydrogen (secondary N) is 2. The molecule has 0 saturated carbocycles. The lowest BCUT2D eigenvalue weighted by Gasteiger charge is -2.30. The standard InChI is InChI=1S/C15H22N2O4S/c1-10-9-12(6-7-13(10)15(18)21-3)22(19,20)17-14-5-4-8-16-11(14)2/h6-7,9,11,14,16-17H,4-5,8H2,1-3H3. The fourth-order valence-electron chi connectivity index (χ4n) is 2.61. The first-order valence-corrected chi connectivity index (χ1v) is 8.78. The molecular formula is C15H22N2O4S. The summed E-state index contributed by atoms with van der Waals surface area (Å²) in [5.41, 5.74) is 0.943. The average molecular weight is 326 g/mol. The van der Waals surface area contributed by atoms with Gasteiger partial charge in [0.05, 0.1) is 17.6 Å². The molecule has 1 saturated heterocycles. The van der Waals surface area contributed by atoms with Crippen molar-refractivity contribution in [3.8, 4) is 0 Å². The van der Waals surface area contributed by atoms with Gasteiger partial charge in [-0.3, -0.25) is 0 Å². The Bertz CT molecular complexity index is 658. The maximum Gasteiger partial charge on any atom is 0.338 e. The van der Waals surface area contributed by atoms with E-state index in [4.69, 9.17) is 0 Å². The molecule has 122 valence electrons. The molecule has 2 unspecified atom stereocenters. The van der Waals surface area contributed by atoms with E-state index >= 15 is 0 Å². The highest BCUT2D eigenvalue weighted by atomic mass is 32.2.